The van der Waals surface area contributed by atoms with Gasteiger partial charge in [-0.3, -0.25) is 24.5 Å². The highest BCUT2D eigenvalue weighted by atomic mass is 16.2. The molecule has 1 saturated heterocycles. The van der Waals surface area contributed by atoms with Crippen molar-refractivity contribution in [2.24, 2.45) is 11.8 Å². The van der Waals surface area contributed by atoms with Crippen LogP contribution in [0, 0.1) is 11.8 Å². The second-order valence-electron chi connectivity index (χ2n) is 4.92. The lowest BCUT2D eigenvalue weighted by Gasteiger charge is -2.25. The smallest absolute Gasteiger partial charge is 0.230 e. The molecule has 0 spiro atoms. The molecular formula is C15H15NO4. The van der Waals surface area contributed by atoms with Crippen molar-refractivity contribution in [3.63, 3.8) is 0 Å². The molecule has 1 N–H and O–H groups in total. The number of rotatable bonds is 4. The fourth-order valence-electron chi connectivity index (χ4n) is 2.44. The van der Waals surface area contributed by atoms with Crippen molar-refractivity contribution in [3.05, 3.63) is 35.4 Å². The van der Waals surface area contributed by atoms with Gasteiger partial charge in [0.25, 0.3) is 0 Å². The molecule has 2 amide bonds. The van der Waals surface area contributed by atoms with Crippen LogP contribution in [0.4, 0.5) is 0 Å². The van der Waals surface area contributed by atoms with Crippen molar-refractivity contribution < 1.29 is 19.2 Å². The molecular weight excluding hydrogens is 258 g/mol. The van der Waals surface area contributed by atoms with Gasteiger partial charge in [0.05, 0.1) is 0 Å². The van der Waals surface area contributed by atoms with Crippen LogP contribution in [0.2, 0.25) is 0 Å². The zero-order valence-corrected chi connectivity index (χ0v) is 11.1. The zero-order chi connectivity index (χ0) is 14.7. The Labute approximate surface area is 116 Å². The van der Waals surface area contributed by atoms with Gasteiger partial charge < -0.3 is 0 Å². The molecule has 1 aromatic carbocycles. The summed E-state index contributed by atoms with van der Waals surface area (Å²) in [6.07, 6.45) is 1.23. The van der Waals surface area contributed by atoms with Crippen LogP contribution in [0.25, 0.3) is 0 Å². The van der Waals surface area contributed by atoms with E-state index in [0.29, 0.717) is 23.8 Å². The molecule has 1 aliphatic rings. The number of piperidine rings is 1. The number of nitrogens with one attached hydrogen (secondary N) is 1. The summed E-state index contributed by atoms with van der Waals surface area (Å²) in [6.45, 7) is 1.66. The van der Waals surface area contributed by atoms with E-state index in [9.17, 15) is 19.2 Å². The van der Waals surface area contributed by atoms with E-state index in [1.165, 1.54) is 0 Å². The summed E-state index contributed by atoms with van der Waals surface area (Å²) in [6, 6.07) is 6.50. The Morgan fingerprint density at radius 1 is 1.35 bits per heavy atom. The van der Waals surface area contributed by atoms with Crippen LogP contribution in [0.5, 0.6) is 0 Å². The summed E-state index contributed by atoms with van der Waals surface area (Å²) >= 11 is 0. The number of benzene rings is 1. The topological polar surface area (TPSA) is 80.3 Å². The van der Waals surface area contributed by atoms with Crippen molar-refractivity contribution in [1.82, 2.24) is 5.32 Å². The third-order valence-corrected chi connectivity index (χ3v) is 3.65. The molecule has 0 aromatic heterocycles. The highest BCUT2D eigenvalue weighted by Gasteiger charge is 2.35. The SMILES string of the molecule is CC(C(=O)c1ccccc1C=O)C1CCC(=O)NC1=O. The predicted molar refractivity (Wildman–Crippen MR) is 71.2 cm³/mol. The Hall–Kier alpha value is -2.30. The minimum atomic E-state index is -0.566. The summed E-state index contributed by atoms with van der Waals surface area (Å²) in [5.41, 5.74) is 0.636. The van der Waals surface area contributed by atoms with E-state index in [4.69, 9.17) is 0 Å². The van der Waals surface area contributed by atoms with Gasteiger partial charge in [-0.15, -0.1) is 0 Å². The molecule has 5 heteroatoms. The summed E-state index contributed by atoms with van der Waals surface area (Å²) in [7, 11) is 0. The van der Waals surface area contributed by atoms with Crippen LogP contribution >= 0.6 is 0 Å². The lowest BCUT2D eigenvalue weighted by molar-refractivity contribution is -0.137. The maximum Gasteiger partial charge on any atom is 0.230 e. The van der Waals surface area contributed by atoms with E-state index in [1.807, 2.05) is 0 Å². The average molecular weight is 273 g/mol. The fourth-order valence-corrected chi connectivity index (χ4v) is 2.44. The highest BCUT2D eigenvalue weighted by molar-refractivity contribution is 6.07. The number of ketones is 1. The minimum absolute atomic E-state index is 0.239. The van der Waals surface area contributed by atoms with Crippen LogP contribution < -0.4 is 5.32 Å². The van der Waals surface area contributed by atoms with Crippen LogP contribution in [0.15, 0.2) is 24.3 Å². The normalized spacial score (nSPS) is 20.1. The summed E-state index contributed by atoms with van der Waals surface area (Å²) in [5, 5.41) is 2.25. The van der Waals surface area contributed by atoms with Gasteiger partial charge in [0, 0.05) is 29.4 Å². The van der Waals surface area contributed by atoms with E-state index in [2.05, 4.69) is 5.32 Å². The molecule has 0 radical (unpaired) electrons. The van der Waals surface area contributed by atoms with Crippen molar-refractivity contribution in [3.8, 4) is 0 Å². The molecule has 0 bridgehead atoms. The number of aldehydes is 1. The van der Waals surface area contributed by atoms with Crippen molar-refractivity contribution >= 4 is 23.9 Å². The molecule has 1 fully saturated rings. The third-order valence-electron chi connectivity index (χ3n) is 3.65. The first-order chi connectivity index (χ1) is 9.54. The van der Waals surface area contributed by atoms with Gasteiger partial charge >= 0.3 is 0 Å². The van der Waals surface area contributed by atoms with E-state index >= 15 is 0 Å². The number of carbonyl (C=O) groups is 4. The standard InChI is InChI=1S/C15H15NO4/c1-9(11-6-7-13(18)16-15(11)20)14(19)12-5-3-2-4-10(12)8-17/h2-5,8-9,11H,6-7H2,1H3,(H,16,18,20). The summed E-state index contributed by atoms with van der Waals surface area (Å²) < 4.78 is 0. The molecule has 2 atom stereocenters. The molecule has 1 heterocycles. The maximum absolute atomic E-state index is 12.4. The third kappa shape index (κ3) is 2.66. The Morgan fingerprint density at radius 2 is 2.05 bits per heavy atom. The summed E-state index contributed by atoms with van der Waals surface area (Å²) in [5.74, 6) is -2.06. The number of carbonyl (C=O) groups excluding carboxylic acids is 4. The van der Waals surface area contributed by atoms with Gasteiger partial charge in [0.2, 0.25) is 11.8 Å². The minimum Gasteiger partial charge on any atom is -0.298 e. The first-order valence-electron chi connectivity index (χ1n) is 6.46. The first-order valence-corrected chi connectivity index (χ1v) is 6.46. The van der Waals surface area contributed by atoms with Gasteiger partial charge in [-0.1, -0.05) is 31.2 Å². The van der Waals surface area contributed by atoms with E-state index in [-0.39, 0.29) is 18.1 Å². The van der Waals surface area contributed by atoms with E-state index < -0.39 is 17.7 Å². The lowest BCUT2D eigenvalue weighted by atomic mass is 9.81. The monoisotopic (exact) mass is 273 g/mol. The van der Waals surface area contributed by atoms with Crippen LogP contribution in [-0.4, -0.2) is 23.9 Å². The van der Waals surface area contributed by atoms with Gasteiger partial charge in [0.15, 0.2) is 12.1 Å². The zero-order valence-electron chi connectivity index (χ0n) is 11.1. The van der Waals surface area contributed by atoms with Gasteiger partial charge in [0.1, 0.15) is 0 Å². The number of hydrogen-bond acceptors (Lipinski definition) is 4. The van der Waals surface area contributed by atoms with Crippen LogP contribution in [0.3, 0.4) is 0 Å². The largest absolute Gasteiger partial charge is 0.298 e. The maximum atomic E-state index is 12.4. The van der Waals surface area contributed by atoms with Crippen molar-refractivity contribution in [2.75, 3.05) is 0 Å². The van der Waals surface area contributed by atoms with Crippen LogP contribution in [-0.2, 0) is 9.59 Å². The fraction of sp³-hybridized carbons (Fsp3) is 0.333. The van der Waals surface area contributed by atoms with Crippen molar-refractivity contribution in [2.45, 2.75) is 19.8 Å². The lowest BCUT2D eigenvalue weighted by Crippen LogP contribution is -2.44. The average Bonchev–Trinajstić information content (AvgIpc) is 2.45. The Balaban J connectivity index is 2.22. The molecule has 5 nitrogen and oxygen atoms in total. The van der Waals surface area contributed by atoms with Crippen LogP contribution in [0.1, 0.15) is 40.5 Å². The number of Topliss-reactive ketones (excluding diaryl/α,β-unsaturated/α-hetero) is 1. The number of amides is 2. The Bertz CT molecular complexity index is 579. The molecule has 0 saturated carbocycles. The number of hydrogen-bond donors (Lipinski definition) is 1. The van der Waals surface area contributed by atoms with Gasteiger partial charge in [-0.25, -0.2) is 0 Å². The highest BCUT2D eigenvalue weighted by Crippen LogP contribution is 2.25. The molecule has 1 aliphatic heterocycles. The van der Waals surface area contributed by atoms with Gasteiger partial charge in [-0.05, 0) is 6.42 Å². The summed E-state index contributed by atoms with van der Waals surface area (Å²) in [4.78, 5) is 46.3. The second kappa shape index (κ2) is 5.77. The molecule has 2 unspecified atom stereocenters. The molecule has 20 heavy (non-hydrogen) atoms. The van der Waals surface area contributed by atoms with E-state index in [1.54, 1.807) is 31.2 Å². The molecule has 1 aromatic rings. The van der Waals surface area contributed by atoms with Crippen molar-refractivity contribution in [1.29, 1.82) is 0 Å². The molecule has 2 rings (SSSR count). The Kier molecular flexibility index (Phi) is 4.08. The predicted octanol–water partition coefficient (Wildman–Crippen LogP) is 1.37. The quantitative estimate of drug-likeness (QED) is 0.510. The molecule has 104 valence electrons. The molecule has 0 aliphatic carbocycles. The second-order valence-corrected chi connectivity index (χ2v) is 4.92. The van der Waals surface area contributed by atoms with Gasteiger partial charge in [-0.2, -0.15) is 0 Å². The Morgan fingerprint density at radius 3 is 2.70 bits per heavy atom. The first kappa shape index (κ1) is 14.1. The number of imide groups is 1. The van der Waals surface area contributed by atoms with E-state index in [0.717, 1.165) is 0 Å².